The standard InChI is InChI=1S/C28H24N4O/c1-19-7-5-12-25-26(19)32-27(31-25)22-15-13-21(14-16-22)23-10-6-11-24(17-23)30-28(33)29-18-20-8-3-2-4-9-20/h2-17H,18H2,1H3,(H,31,32)(H2,29,30,33). The Morgan fingerprint density at radius 1 is 0.818 bits per heavy atom. The third-order valence-electron chi connectivity index (χ3n) is 5.62. The highest BCUT2D eigenvalue weighted by Gasteiger charge is 2.08. The number of para-hydroxylation sites is 1. The van der Waals surface area contributed by atoms with Gasteiger partial charge in [0.1, 0.15) is 5.82 Å². The molecule has 0 unspecified atom stereocenters. The number of nitrogens with one attached hydrogen (secondary N) is 3. The average molecular weight is 433 g/mol. The van der Waals surface area contributed by atoms with Crippen molar-refractivity contribution in [1.82, 2.24) is 15.3 Å². The second-order valence-electron chi connectivity index (χ2n) is 8.01. The third kappa shape index (κ3) is 4.62. The fourth-order valence-corrected chi connectivity index (χ4v) is 3.86. The largest absolute Gasteiger partial charge is 0.338 e. The van der Waals surface area contributed by atoms with Gasteiger partial charge in [0, 0.05) is 17.8 Å². The van der Waals surface area contributed by atoms with E-state index in [1.165, 1.54) is 0 Å². The van der Waals surface area contributed by atoms with Crippen molar-refractivity contribution in [2.45, 2.75) is 13.5 Å². The SMILES string of the molecule is Cc1cccc2[nH]c(-c3ccc(-c4cccc(NC(=O)NCc5ccccc5)c4)cc3)nc12. The summed E-state index contributed by atoms with van der Waals surface area (Å²) in [7, 11) is 0. The summed E-state index contributed by atoms with van der Waals surface area (Å²) in [6, 6.07) is 31.9. The van der Waals surface area contributed by atoms with E-state index in [1.54, 1.807) is 0 Å². The van der Waals surface area contributed by atoms with Crippen molar-refractivity contribution in [1.29, 1.82) is 0 Å². The molecule has 162 valence electrons. The number of aromatic nitrogens is 2. The van der Waals surface area contributed by atoms with Crippen molar-refractivity contribution >= 4 is 22.8 Å². The minimum atomic E-state index is -0.230. The van der Waals surface area contributed by atoms with E-state index in [1.807, 2.05) is 66.7 Å². The van der Waals surface area contributed by atoms with E-state index in [0.29, 0.717) is 6.54 Å². The molecule has 33 heavy (non-hydrogen) atoms. The number of nitrogens with zero attached hydrogens (tertiary/aromatic N) is 1. The first-order chi connectivity index (χ1) is 16.2. The lowest BCUT2D eigenvalue weighted by molar-refractivity contribution is 0.251. The number of carbonyl (C=O) groups excluding carboxylic acids is 1. The summed E-state index contributed by atoms with van der Waals surface area (Å²) in [4.78, 5) is 20.5. The fraction of sp³-hybridized carbons (Fsp3) is 0.0714. The lowest BCUT2D eigenvalue weighted by atomic mass is 10.0. The molecule has 1 aromatic heterocycles. The number of hydrogen-bond acceptors (Lipinski definition) is 2. The van der Waals surface area contributed by atoms with Gasteiger partial charge >= 0.3 is 6.03 Å². The Hall–Kier alpha value is -4.38. The molecule has 0 spiro atoms. The molecular formula is C28H24N4O. The third-order valence-corrected chi connectivity index (χ3v) is 5.62. The number of H-pyrrole nitrogens is 1. The number of urea groups is 1. The van der Waals surface area contributed by atoms with Crippen molar-refractivity contribution in [3.8, 4) is 22.5 Å². The number of imidazole rings is 1. The molecule has 5 heteroatoms. The normalized spacial score (nSPS) is 10.8. The Morgan fingerprint density at radius 3 is 2.36 bits per heavy atom. The summed E-state index contributed by atoms with van der Waals surface area (Å²) in [5.41, 5.74) is 8.13. The maximum atomic E-state index is 12.3. The number of anilines is 1. The Bertz CT molecular complexity index is 1410. The van der Waals surface area contributed by atoms with Crippen LogP contribution in [0.2, 0.25) is 0 Å². The molecule has 0 saturated heterocycles. The van der Waals surface area contributed by atoms with Crippen LogP contribution >= 0.6 is 0 Å². The van der Waals surface area contributed by atoms with Gasteiger partial charge in [-0.15, -0.1) is 0 Å². The minimum absolute atomic E-state index is 0.230. The Morgan fingerprint density at radius 2 is 1.58 bits per heavy atom. The van der Waals surface area contributed by atoms with Gasteiger partial charge in [0.25, 0.3) is 0 Å². The van der Waals surface area contributed by atoms with Crippen LogP contribution in [0.25, 0.3) is 33.5 Å². The number of carbonyl (C=O) groups is 1. The van der Waals surface area contributed by atoms with Crippen LogP contribution in [0.1, 0.15) is 11.1 Å². The van der Waals surface area contributed by atoms with Gasteiger partial charge in [-0.25, -0.2) is 9.78 Å². The zero-order chi connectivity index (χ0) is 22.6. The van der Waals surface area contributed by atoms with Crippen LogP contribution in [0, 0.1) is 6.92 Å². The number of amides is 2. The molecule has 0 aliphatic carbocycles. The molecule has 0 aliphatic rings. The molecule has 0 fully saturated rings. The topological polar surface area (TPSA) is 69.8 Å². The Labute approximate surface area is 192 Å². The first-order valence-corrected chi connectivity index (χ1v) is 10.9. The van der Waals surface area contributed by atoms with Crippen molar-refractivity contribution < 1.29 is 4.79 Å². The quantitative estimate of drug-likeness (QED) is 0.296. The Kier molecular flexibility index (Phi) is 5.60. The molecule has 2 amide bonds. The predicted octanol–water partition coefficient (Wildman–Crippen LogP) is 6.53. The smallest absolute Gasteiger partial charge is 0.319 e. The lowest BCUT2D eigenvalue weighted by Gasteiger charge is -2.10. The van der Waals surface area contributed by atoms with Crippen molar-refractivity contribution in [3.63, 3.8) is 0 Å². The van der Waals surface area contributed by atoms with Gasteiger partial charge in [0.2, 0.25) is 0 Å². The second-order valence-corrected chi connectivity index (χ2v) is 8.01. The van der Waals surface area contributed by atoms with Crippen molar-refractivity contribution in [2.24, 2.45) is 0 Å². The molecule has 0 bridgehead atoms. The van der Waals surface area contributed by atoms with Crippen LogP contribution in [0.5, 0.6) is 0 Å². The van der Waals surface area contributed by atoms with Gasteiger partial charge in [-0.2, -0.15) is 0 Å². The van der Waals surface area contributed by atoms with Gasteiger partial charge in [0.15, 0.2) is 0 Å². The van der Waals surface area contributed by atoms with Crippen LogP contribution in [0.15, 0.2) is 97.1 Å². The van der Waals surface area contributed by atoms with Crippen LogP contribution in [-0.2, 0) is 6.54 Å². The van der Waals surface area contributed by atoms with Crippen LogP contribution in [-0.4, -0.2) is 16.0 Å². The van der Waals surface area contributed by atoms with E-state index >= 15 is 0 Å². The monoisotopic (exact) mass is 432 g/mol. The van der Waals surface area contributed by atoms with Crippen molar-refractivity contribution in [2.75, 3.05) is 5.32 Å². The second kappa shape index (κ2) is 9.01. The van der Waals surface area contributed by atoms with E-state index in [-0.39, 0.29) is 6.03 Å². The van der Waals surface area contributed by atoms with E-state index < -0.39 is 0 Å². The summed E-state index contributed by atoms with van der Waals surface area (Å²) in [5.74, 6) is 0.858. The first-order valence-electron chi connectivity index (χ1n) is 10.9. The number of aromatic amines is 1. The maximum absolute atomic E-state index is 12.3. The summed E-state index contributed by atoms with van der Waals surface area (Å²) >= 11 is 0. The average Bonchev–Trinajstić information content (AvgIpc) is 3.30. The number of aryl methyl sites for hydroxylation is 1. The highest BCUT2D eigenvalue weighted by molar-refractivity contribution is 5.90. The van der Waals surface area contributed by atoms with Crippen LogP contribution in [0.3, 0.4) is 0 Å². The number of rotatable bonds is 5. The first kappa shape index (κ1) is 20.5. The van der Waals surface area contributed by atoms with Gasteiger partial charge in [-0.05, 0) is 47.4 Å². The summed E-state index contributed by atoms with van der Waals surface area (Å²) in [6.07, 6.45) is 0. The van der Waals surface area contributed by atoms with Gasteiger partial charge < -0.3 is 15.6 Å². The molecule has 0 atom stereocenters. The molecule has 5 nitrogen and oxygen atoms in total. The van der Waals surface area contributed by atoms with Crippen LogP contribution < -0.4 is 10.6 Å². The van der Waals surface area contributed by atoms with Crippen molar-refractivity contribution in [3.05, 3.63) is 108 Å². The van der Waals surface area contributed by atoms with E-state index in [0.717, 1.165) is 50.4 Å². The fourth-order valence-electron chi connectivity index (χ4n) is 3.86. The molecule has 3 N–H and O–H groups in total. The van der Waals surface area contributed by atoms with E-state index in [2.05, 4.69) is 52.9 Å². The van der Waals surface area contributed by atoms with E-state index in [4.69, 9.17) is 4.98 Å². The Balaban J connectivity index is 1.29. The highest BCUT2D eigenvalue weighted by atomic mass is 16.2. The molecule has 0 aliphatic heterocycles. The zero-order valence-electron chi connectivity index (χ0n) is 18.3. The van der Waals surface area contributed by atoms with Crippen LogP contribution in [0.4, 0.5) is 10.5 Å². The molecule has 1 heterocycles. The zero-order valence-corrected chi connectivity index (χ0v) is 18.3. The minimum Gasteiger partial charge on any atom is -0.338 e. The van der Waals surface area contributed by atoms with E-state index in [9.17, 15) is 4.79 Å². The van der Waals surface area contributed by atoms with Gasteiger partial charge in [-0.3, -0.25) is 0 Å². The molecular weight excluding hydrogens is 408 g/mol. The number of fused-ring (bicyclic) bond motifs is 1. The van der Waals surface area contributed by atoms with Gasteiger partial charge in [0.05, 0.1) is 11.0 Å². The number of benzene rings is 4. The van der Waals surface area contributed by atoms with Gasteiger partial charge in [-0.1, -0.05) is 78.9 Å². The molecule has 0 saturated carbocycles. The summed E-state index contributed by atoms with van der Waals surface area (Å²) in [5, 5.41) is 5.80. The molecule has 0 radical (unpaired) electrons. The summed E-state index contributed by atoms with van der Waals surface area (Å²) in [6.45, 7) is 2.55. The maximum Gasteiger partial charge on any atom is 0.319 e. The summed E-state index contributed by atoms with van der Waals surface area (Å²) < 4.78 is 0. The lowest BCUT2D eigenvalue weighted by Crippen LogP contribution is -2.28. The number of hydrogen-bond donors (Lipinski definition) is 3. The molecule has 4 aromatic carbocycles. The highest BCUT2D eigenvalue weighted by Crippen LogP contribution is 2.27. The molecule has 5 aromatic rings. The predicted molar refractivity (Wildman–Crippen MR) is 134 cm³/mol. The molecule has 5 rings (SSSR count).